The summed E-state index contributed by atoms with van der Waals surface area (Å²) in [7, 11) is 0. The van der Waals surface area contributed by atoms with Gasteiger partial charge in [0, 0.05) is 31.9 Å². The fraction of sp³-hybridized carbons (Fsp3) is 0.364. The molecule has 1 heterocycles. The molecule has 28 heavy (non-hydrogen) atoms. The summed E-state index contributed by atoms with van der Waals surface area (Å²) in [6.45, 7) is 3.81. The molecule has 0 unspecified atom stereocenters. The van der Waals surface area contributed by atoms with E-state index in [2.05, 4.69) is 28.8 Å². The Hall–Kier alpha value is -3.04. The molecule has 0 aromatic heterocycles. The van der Waals surface area contributed by atoms with Gasteiger partial charge in [-0.05, 0) is 55.2 Å². The van der Waals surface area contributed by atoms with Crippen molar-refractivity contribution in [3.8, 4) is 11.8 Å². The molecule has 6 heteroatoms. The SMILES string of the molecule is N#Cc1cccc(OCCCCc2ccc(NC(=O)N3CCNCC3)cc2)c1. The fourth-order valence-corrected chi connectivity index (χ4v) is 3.10. The molecule has 0 bridgehead atoms. The van der Waals surface area contributed by atoms with Gasteiger partial charge in [0.25, 0.3) is 0 Å². The second-order valence-electron chi connectivity index (χ2n) is 6.81. The van der Waals surface area contributed by atoms with Gasteiger partial charge in [-0.3, -0.25) is 0 Å². The van der Waals surface area contributed by atoms with Crippen LogP contribution in [0.3, 0.4) is 0 Å². The third-order valence-corrected chi connectivity index (χ3v) is 4.70. The maximum atomic E-state index is 12.2. The quantitative estimate of drug-likeness (QED) is 0.724. The van der Waals surface area contributed by atoms with E-state index in [0.29, 0.717) is 12.2 Å². The van der Waals surface area contributed by atoms with Crippen LogP contribution in [0.1, 0.15) is 24.0 Å². The molecular formula is C22H26N4O2. The summed E-state index contributed by atoms with van der Waals surface area (Å²) in [5.41, 5.74) is 2.68. The Bertz CT molecular complexity index is 808. The minimum atomic E-state index is -0.0353. The molecule has 1 aliphatic rings. The van der Waals surface area contributed by atoms with Crippen LogP contribution in [0, 0.1) is 11.3 Å². The predicted molar refractivity (Wildman–Crippen MR) is 109 cm³/mol. The summed E-state index contributed by atoms with van der Waals surface area (Å²) in [6, 6.07) is 17.3. The van der Waals surface area contributed by atoms with Gasteiger partial charge in [0.2, 0.25) is 0 Å². The van der Waals surface area contributed by atoms with Crippen molar-refractivity contribution in [3.05, 3.63) is 59.7 Å². The molecule has 0 saturated carbocycles. The van der Waals surface area contributed by atoms with Crippen molar-refractivity contribution < 1.29 is 9.53 Å². The number of aryl methyl sites for hydroxylation is 1. The molecular weight excluding hydrogens is 352 g/mol. The highest BCUT2D eigenvalue weighted by Gasteiger charge is 2.15. The number of carbonyl (C=O) groups excluding carboxylic acids is 1. The first-order valence-corrected chi connectivity index (χ1v) is 9.73. The number of ether oxygens (including phenoxy) is 1. The van der Waals surface area contributed by atoms with Crippen molar-refractivity contribution in [2.45, 2.75) is 19.3 Å². The van der Waals surface area contributed by atoms with E-state index in [0.717, 1.165) is 56.9 Å². The van der Waals surface area contributed by atoms with E-state index in [4.69, 9.17) is 10.00 Å². The van der Waals surface area contributed by atoms with E-state index in [-0.39, 0.29) is 6.03 Å². The van der Waals surface area contributed by atoms with Crippen molar-refractivity contribution in [3.63, 3.8) is 0 Å². The Morgan fingerprint density at radius 3 is 2.68 bits per heavy atom. The number of urea groups is 1. The van der Waals surface area contributed by atoms with E-state index in [1.165, 1.54) is 5.56 Å². The number of hydrogen-bond acceptors (Lipinski definition) is 4. The Labute approximate surface area is 166 Å². The molecule has 1 saturated heterocycles. The number of carbonyl (C=O) groups is 1. The number of rotatable bonds is 7. The van der Waals surface area contributed by atoms with Crippen LogP contribution >= 0.6 is 0 Å². The number of unbranched alkanes of at least 4 members (excludes halogenated alkanes) is 1. The molecule has 2 aromatic carbocycles. The maximum Gasteiger partial charge on any atom is 0.321 e. The molecule has 3 rings (SSSR count). The van der Waals surface area contributed by atoms with Crippen molar-refractivity contribution >= 4 is 11.7 Å². The van der Waals surface area contributed by atoms with Gasteiger partial charge in [-0.2, -0.15) is 5.26 Å². The van der Waals surface area contributed by atoms with Gasteiger partial charge in [-0.15, -0.1) is 0 Å². The number of nitrogens with zero attached hydrogens (tertiary/aromatic N) is 2. The lowest BCUT2D eigenvalue weighted by Gasteiger charge is -2.27. The van der Waals surface area contributed by atoms with Crippen LogP contribution in [-0.4, -0.2) is 43.7 Å². The normalized spacial score (nSPS) is 13.6. The van der Waals surface area contributed by atoms with Crippen LogP contribution in [0.5, 0.6) is 5.75 Å². The van der Waals surface area contributed by atoms with Gasteiger partial charge in [-0.25, -0.2) is 4.79 Å². The molecule has 2 amide bonds. The number of anilines is 1. The average molecular weight is 378 g/mol. The average Bonchev–Trinajstić information content (AvgIpc) is 2.75. The zero-order chi connectivity index (χ0) is 19.6. The van der Waals surface area contributed by atoms with Crippen LogP contribution in [0.2, 0.25) is 0 Å². The number of nitriles is 1. The summed E-state index contributed by atoms with van der Waals surface area (Å²) in [6.07, 6.45) is 2.93. The van der Waals surface area contributed by atoms with Crippen molar-refractivity contribution in [2.24, 2.45) is 0 Å². The lowest BCUT2D eigenvalue weighted by atomic mass is 10.1. The molecule has 6 nitrogen and oxygen atoms in total. The first kappa shape index (κ1) is 19.7. The molecule has 2 aromatic rings. The molecule has 0 radical (unpaired) electrons. The summed E-state index contributed by atoms with van der Waals surface area (Å²) < 4.78 is 5.70. The molecule has 2 N–H and O–H groups in total. The standard InChI is InChI=1S/C22H26N4O2/c23-17-19-5-3-6-21(16-19)28-15-2-1-4-18-7-9-20(10-8-18)25-22(27)26-13-11-24-12-14-26/h3,5-10,16,24H,1-2,4,11-15H2,(H,25,27). The Balaban J connectivity index is 1.36. The second kappa shape index (κ2) is 10.3. The molecule has 0 atom stereocenters. The largest absolute Gasteiger partial charge is 0.494 e. The first-order valence-electron chi connectivity index (χ1n) is 9.73. The lowest BCUT2D eigenvalue weighted by molar-refractivity contribution is 0.204. The second-order valence-corrected chi connectivity index (χ2v) is 6.81. The smallest absolute Gasteiger partial charge is 0.321 e. The van der Waals surface area contributed by atoms with Gasteiger partial charge in [0.15, 0.2) is 0 Å². The molecule has 1 aliphatic heterocycles. The van der Waals surface area contributed by atoms with Gasteiger partial charge >= 0.3 is 6.03 Å². The number of amides is 2. The van der Waals surface area contributed by atoms with Crippen molar-refractivity contribution in [1.82, 2.24) is 10.2 Å². The van der Waals surface area contributed by atoms with Crippen LogP contribution in [0.15, 0.2) is 48.5 Å². The summed E-state index contributed by atoms with van der Waals surface area (Å²) in [4.78, 5) is 14.0. The minimum absolute atomic E-state index is 0.0353. The van der Waals surface area contributed by atoms with E-state index in [1.54, 1.807) is 12.1 Å². The summed E-state index contributed by atoms with van der Waals surface area (Å²) in [5.74, 6) is 0.739. The van der Waals surface area contributed by atoms with Crippen LogP contribution < -0.4 is 15.4 Å². The highest BCUT2D eigenvalue weighted by Crippen LogP contribution is 2.15. The van der Waals surface area contributed by atoms with Gasteiger partial charge in [-0.1, -0.05) is 18.2 Å². The number of hydrogen-bond donors (Lipinski definition) is 2. The van der Waals surface area contributed by atoms with E-state index in [9.17, 15) is 4.79 Å². The Kier molecular flexibility index (Phi) is 7.28. The summed E-state index contributed by atoms with van der Waals surface area (Å²) in [5, 5.41) is 15.1. The molecule has 146 valence electrons. The molecule has 1 fully saturated rings. The molecule has 0 aliphatic carbocycles. The van der Waals surface area contributed by atoms with Crippen LogP contribution in [0.25, 0.3) is 0 Å². The van der Waals surface area contributed by atoms with Crippen LogP contribution in [-0.2, 0) is 6.42 Å². The molecule has 0 spiro atoms. The fourth-order valence-electron chi connectivity index (χ4n) is 3.10. The van der Waals surface area contributed by atoms with E-state index >= 15 is 0 Å². The third kappa shape index (κ3) is 6.00. The third-order valence-electron chi connectivity index (χ3n) is 4.70. The Morgan fingerprint density at radius 1 is 1.14 bits per heavy atom. The zero-order valence-corrected chi connectivity index (χ0v) is 16.0. The first-order chi connectivity index (χ1) is 13.7. The highest BCUT2D eigenvalue weighted by molar-refractivity contribution is 5.89. The Morgan fingerprint density at radius 2 is 1.93 bits per heavy atom. The maximum absolute atomic E-state index is 12.2. The topological polar surface area (TPSA) is 77.4 Å². The van der Waals surface area contributed by atoms with Gasteiger partial charge in [0.1, 0.15) is 5.75 Å². The van der Waals surface area contributed by atoms with E-state index < -0.39 is 0 Å². The minimum Gasteiger partial charge on any atom is -0.494 e. The summed E-state index contributed by atoms with van der Waals surface area (Å²) >= 11 is 0. The predicted octanol–water partition coefficient (Wildman–Crippen LogP) is 3.40. The van der Waals surface area contributed by atoms with Crippen molar-refractivity contribution in [2.75, 3.05) is 38.1 Å². The number of nitrogens with one attached hydrogen (secondary N) is 2. The highest BCUT2D eigenvalue weighted by atomic mass is 16.5. The van der Waals surface area contributed by atoms with E-state index in [1.807, 2.05) is 29.2 Å². The monoisotopic (exact) mass is 378 g/mol. The van der Waals surface area contributed by atoms with Crippen molar-refractivity contribution in [1.29, 1.82) is 5.26 Å². The van der Waals surface area contributed by atoms with Gasteiger partial charge < -0.3 is 20.3 Å². The van der Waals surface area contributed by atoms with Gasteiger partial charge in [0.05, 0.1) is 18.2 Å². The number of piperazine rings is 1. The number of benzene rings is 2. The van der Waals surface area contributed by atoms with Crippen LogP contribution in [0.4, 0.5) is 10.5 Å². The lowest BCUT2D eigenvalue weighted by Crippen LogP contribution is -2.48. The zero-order valence-electron chi connectivity index (χ0n) is 16.0.